The molecular formula is C22H21N3S. The van der Waals surface area contributed by atoms with Gasteiger partial charge < -0.3 is 0 Å². The number of aliphatic imine (C=N–C) groups is 1. The summed E-state index contributed by atoms with van der Waals surface area (Å²) < 4.78 is 0. The van der Waals surface area contributed by atoms with Crippen molar-refractivity contribution in [3.05, 3.63) is 77.6 Å². The Morgan fingerprint density at radius 1 is 0.808 bits per heavy atom. The topological polar surface area (TPSA) is 38.1 Å². The number of hydrogen-bond donors (Lipinski definition) is 0. The van der Waals surface area contributed by atoms with Crippen molar-refractivity contribution >= 4 is 23.1 Å². The zero-order chi connectivity index (χ0) is 18.2. The molecule has 0 spiro atoms. The lowest BCUT2D eigenvalue weighted by molar-refractivity contribution is 0.902. The van der Waals surface area contributed by atoms with E-state index in [-0.39, 0.29) is 0 Å². The normalized spacial score (nSPS) is 10.3. The number of aryl methyl sites for hydroxylation is 3. The molecule has 1 aromatic heterocycles. The largest absolute Gasteiger partial charge is 0.236 e. The van der Waals surface area contributed by atoms with E-state index in [2.05, 4.69) is 75.7 Å². The molecule has 0 aliphatic rings. The molecule has 3 rings (SSSR count). The van der Waals surface area contributed by atoms with E-state index in [1.54, 1.807) is 0 Å². The van der Waals surface area contributed by atoms with Gasteiger partial charge in [-0.3, -0.25) is 0 Å². The summed E-state index contributed by atoms with van der Waals surface area (Å²) in [5.74, 6) is 0.783. The molecule has 0 radical (unpaired) electrons. The minimum atomic E-state index is 0.783. The molecule has 26 heavy (non-hydrogen) atoms. The highest BCUT2D eigenvalue weighted by Gasteiger charge is 2.03. The van der Waals surface area contributed by atoms with Crippen molar-refractivity contribution in [1.29, 1.82) is 0 Å². The first-order valence-electron chi connectivity index (χ1n) is 8.85. The number of nitrogens with zero attached hydrogens (tertiary/aromatic N) is 3. The lowest BCUT2D eigenvalue weighted by atomic mass is 10.0. The molecule has 3 nitrogen and oxygen atoms in total. The third-order valence-corrected chi connectivity index (χ3v) is 4.36. The molecule has 130 valence electrons. The second-order valence-corrected chi connectivity index (χ2v) is 6.41. The fraction of sp³-hybridized carbons (Fsp3) is 0.227. The first-order valence-corrected chi connectivity index (χ1v) is 9.26. The average Bonchev–Trinajstić information content (AvgIpc) is 2.69. The van der Waals surface area contributed by atoms with Crippen LogP contribution in [0.3, 0.4) is 0 Å². The predicted octanol–water partition coefficient (Wildman–Crippen LogP) is 5.62. The summed E-state index contributed by atoms with van der Waals surface area (Å²) in [7, 11) is 0. The van der Waals surface area contributed by atoms with E-state index >= 15 is 0 Å². The van der Waals surface area contributed by atoms with Gasteiger partial charge >= 0.3 is 0 Å². The molecule has 0 unspecified atom stereocenters. The molecule has 0 bridgehead atoms. The highest BCUT2D eigenvalue weighted by Crippen LogP contribution is 2.18. The highest BCUT2D eigenvalue weighted by atomic mass is 32.1. The van der Waals surface area contributed by atoms with Gasteiger partial charge in [0.05, 0.1) is 10.8 Å². The van der Waals surface area contributed by atoms with Crippen molar-refractivity contribution < 1.29 is 0 Å². The molecule has 0 fully saturated rings. The van der Waals surface area contributed by atoms with E-state index in [9.17, 15) is 0 Å². The molecule has 0 aliphatic heterocycles. The second-order valence-electron chi connectivity index (χ2n) is 6.23. The fourth-order valence-corrected chi connectivity index (χ4v) is 2.93. The average molecular weight is 359 g/mol. The van der Waals surface area contributed by atoms with Crippen molar-refractivity contribution in [2.24, 2.45) is 4.99 Å². The summed E-state index contributed by atoms with van der Waals surface area (Å²) in [5, 5.41) is 2.39. The zero-order valence-electron chi connectivity index (χ0n) is 14.9. The summed E-state index contributed by atoms with van der Waals surface area (Å²) in [6.07, 6.45) is 7.97. The van der Waals surface area contributed by atoms with Gasteiger partial charge in [-0.2, -0.15) is 4.99 Å². The Morgan fingerprint density at radius 2 is 1.38 bits per heavy atom. The van der Waals surface area contributed by atoms with Crippen LogP contribution in [0.5, 0.6) is 0 Å². The smallest absolute Gasteiger partial charge is 0.159 e. The van der Waals surface area contributed by atoms with Crippen molar-refractivity contribution in [2.75, 3.05) is 0 Å². The van der Waals surface area contributed by atoms with Crippen LogP contribution in [0.1, 0.15) is 30.0 Å². The summed E-state index contributed by atoms with van der Waals surface area (Å²) >= 11 is 4.62. The van der Waals surface area contributed by atoms with Crippen molar-refractivity contribution in [3.8, 4) is 11.4 Å². The van der Waals surface area contributed by atoms with Crippen LogP contribution in [0, 0.1) is 0 Å². The molecule has 0 aliphatic carbocycles. The number of aromatic nitrogens is 2. The van der Waals surface area contributed by atoms with Crippen LogP contribution in [-0.2, 0) is 19.3 Å². The van der Waals surface area contributed by atoms with Gasteiger partial charge in [-0.25, -0.2) is 9.97 Å². The highest BCUT2D eigenvalue weighted by molar-refractivity contribution is 7.78. The lowest BCUT2D eigenvalue weighted by Crippen LogP contribution is -1.94. The van der Waals surface area contributed by atoms with Gasteiger partial charge in [-0.05, 0) is 60.3 Å². The van der Waals surface area contributed by atoms with Crippen LogP contribution in [0.4, 0.5) is 5.69 Å². The maximum absolute atomic E-state index is 4.62. The Labute approximate surface area is 159 Å². The van der Waals surface area contributed by atoms with Gasteiger partial charge in [0, 0.05) is 18.0 Å². The molecule has 0 atom stereocenters. The van der Waals surface area contributed by atoms with Gasteiger partial charge in [0.1, 0.15) is 0 Å². The summed E-state index contributed by atoms with van der Waals surface area (Å²) in [5.41, 5.74) is 5.68. The van der Waals surface area contributed by atoms with Crippen molar-refractivity contribution in [3.63, 3.8) is 0 Å². The van der Waals surface area contributed by atoms with E-state index in [1.807, 2.05) is 24.5 Å². The van der Waals surface area contributed by atoms with Crippen LogP contribution < -0.4 is 0 Å². The summed E-state index contributed by atoms with van der Waals surface area (Å²) in [4.78, 5) is 12.9. The maximum Gasteiger partial charge on any atom is 0.159 e. The molecular weight excluding hydrogens is 338 g/mol. The van der Waals surface area contributed by atoms with Crippen LogP contribution >= 0.6 is 12.2 Å². The van der Waals surface area contributed by atoms with Crippen molar-refractivity contribution in [1.82, 2.24) is 9.97 Å². The number of hydrogen-bond acceptors (Lipinski definition) is 4. The molecule has 0 saturated carbocycles. The minimum Gasteiger partial charge on any atom is -0.236 e. The first kappa shape index (κ1) is 18.1. The zero-order valence-corrected chi connectivity index (χ0v) is 15.7. The fourth-order valence-electron chi connectivity index (χ4n) is 2.82. The molecule has 3 aromatic rings. The van der Waals surface area contributed by atoms with E-state index in [0.717, 1.165) is 42.8 Å². The Balaban J connectivity index is 1.61. The van der Waals surface area contributed by atoms with Gasteiger partial charge in [-0.1, -0.05) is 49.7 Å². The number of isothiocyanates is 1. The molecule has 1 heterocycles. The molecule has 0 amide bonds. The van der Waals surface area contributed by atoms with Gasteiger partial charge in [-0.15, -0.1) is 0 Å². The van der Waals surface area contributed by atoms with Gasteiger partial charge in [0.2, 0.25) is 0 Å². The Hall–Kier alpha value is -2.68. The standard InChI is InChI=1S/C22H21N3S/c1-2-3-19-14-23-22(24-15-19)20-10-6-17(7-11-20)4-5-18-8-12-21(13-9-18)25-16-26/h6-15H,2-5H2,1H3. The molecule has 2 aromatic carbocycles. The number of benzene rings is 2. The molecule has 4 heteroatoms. The quantitative estimate of drug-likeness (QED) is 0.406. The van der Waals surface area contributed by atoms with E-state index in [1.165, 1.54) is 16.7 Å². The van der Waals surface area contributed by atoms with E-state index in [0.29, 0.717) is 0 Å². The molecule has 0 saturated heterocycles. The summed E-state index contributed by atoms with van der Waals surface area (Å²) in [6, 6.07) is 16.6. The minimum absolute atomic E-state index is 0.783. The van der Waals surface area contributed by atoms with Crippen LogP contribution in [0.15, 0.2) is 65.9 Å². The summed E-state index contributed by atoms with van der Waals surface area (Å²) in [6.45, 7) is 2.16. The Kier molecular flexibility index (Phi) is 6.37. The first-order chi connectivity index (χ1) is 12.8. The maximum atomic E-state index is 4.62. The predicted molar refractivity (Wildman–Crippen MR) is 110 cm³/mol. The number of thiocarbonyl (C=S) groups is 1. The number of rotatable bonds is 7. The van der Waals surface area contributed by atoms with E-state index < -0.39 is 0 Å². The lowest BCUT2D eigenvalue weighted by Gasteiger charge is -2.05. The SMILES string of the molecule is CCCc1cnc(-c2ccc(CCc3ccc(N=C=S)cc3)cc2)nc1. The Morgan fingerprint density at radius 3 is 1.92 bits per heavy atom. The van der Waals surface area contributed by atoms with Crippen LogP contribution in [-0.4, -0.2) is 15.1 Å². The van der Waals surface area contributed by atoms with Crippen LogP contribution in [0.25, 0.3) is 11.4 Å². The van der Waals surface area contributed by atoms with Crippen LogP contribution in [0.2, 0.25) is 0 Å². The monoisotopic (exact) mass is 359 g/mol. The van der Waals surface area contributed by atoms with Gasteiger partial charge in [0.15, 0.2) is 5.82 Å². The third-order valence-electron chi connectivity index (χ3n) is 4.27. The van der Waals surface area contributed by atoms with E-state index in [4.69, 9.17) is 0 Å². The Bertz CT molecular complexity index is 878. The third kappa shape index (κ3) is 4.92. The second kappa shape index (κ2) is 9.14. The molecule has 0 N–H and O–H groups in total. The van der Waals surface area contributed by atoms with Gasteiger partial charge in [0.25, 0.3) is 0 Å². The van der Waals surface area contributed by atoms with Crippen molar-refractivity contribution in [2.45, 2.75) is 32.6 Å².